The van der Waals surface area contributed by atoms with Gasteiger partial charge in [0, 0.05) is 24.7 Å². The third kappa shape index (κ3) is 3.79. The first-order valence-corrected chi connectivity index (χ1v) is 11.3. The molecular formula is C26H22ClF2NO4. The number of carbonyl (C=O) groups is 1. The summed E-state index contributed by atoms with van der Waals surface area (Å²) in [7, 11) is 0. The minimum atomic E-state index is -1.59. The zero-order valence-electron chi connectivity index (χ0n) is 18.7. The van der Waals surface area contributed by atoms with E-state index in [1.807, 2.05) is 32.0 Å². The fourth-order valence-corrected chi connectivity index (χ4v) is 4.72. The molecule has 0 saturated carbocycles. The van der Waals surface area contributed by atoms with Gasteiger partial charge in [0.05, 0.1) is 29.4 Å². The van der Waals surface area contributed by atoms with Gasteiger partial charge in [-0.2, -0.15) is 0 Å². The molecule has 1 saturated heterocycles. The van der Waals surface area contributed by atoms with E-state index < -0.39 is 23.3 Å². The number of ether oxygens (including phenoxy) is 3. The number of morpholine rings is 1. The lowest BCUT2D eigenvalue weighted by molar-refractivity contribution is -0.0464. The molecule has 8 heteroatoms. The highest BCUT2D eigenvalue weighted by Gasteiger charge is 2.48. The molecule has 0 N–H and O–H groups in total. The maximum absolute atomic E-state index is 15.1. The first-order valence-electron chi connectivity index (χ1n) is 10.9. The van der Waals surface area contributed by atoms with Gasteiger partial charge in [0.25, 0.3) is 5.91 Å². The van der Waals surface area contributed by atoms with Gasteiger partial charge in [0.1, 0.15) is 11.6 Å². The van der Waals surface area contributed by atoms with E-state index in [9.17, 15) is 9.18 Å². The van der Waals surface area contributed by atoms with Crippen LogP contribution in [0.5, 0.6) is 11.5 Å². The van der Waals surface area contributed by atoms with Crippen LogP contribution < -0.4 is 9.47 Å². The zero-order valence-corrected chi connectivity index (χ0v) is 19.4. The number of hydrogen-bond donors (Lipinski definition) is 0. The summed E-state index contributed by atoms with van der Waals surface area (Å²) >= 11 is 6.44. The summed E-state index contributed by atoms with van der Waals surface area (Å²) in [6, 6.07) is 12.1. The van der Waals surface area contributed by atoms with Gasteiger partial charge in [-0.3, -0.25) is 4.79 Å². The fourth-order valence-electron chi connectivity index (χ4n) is 4.43. The number of rotatable bonds is 3. The van der Waals surface area contributed by atoms with Crippen molar-refractivity contribution in [3.05, 3.63) is 93.0 Å². The molecule has 34 heavy (non-hydrogen) atoms. The van der Waals surface area contributed by atoms with Crippen molar-refractivity contribution in [1.82, 2.24) is 4.90 Å². The molecule has 2 heterocycles. The van der Waals surface area contributed by atoms with E-state index in [0.29, 0.717) is 37.4 Å². The molecule has 3 aromatic carbocycles. The molecule has 2 aliphatic rings. The zero-order chi connectivity index (χ0) is 24.0. The molecule has 0 bridgehead atoms. The van der Waals surface area contributed by atoms with Gasteiger partial charge >= 0.3 is 5.79 Å². The SMILES string of the molecule is Cc1ccc(C2(c3ccc(F)cc3Cl)Oc3cc(F)c(C(=O)N4CCOCC4)cc3O2)c(C)c1. The number of carbonyl (C=O) groups excluding carboxylic acids is 1. The van der Waals surface area contributed by atoms with Gasteiger partial charge in [0.2, 0.25) is 0 Å². The van der Waals surface area contributed by atoms with Crippen LogP contribution in [-0.4, -0.2) is 37.1 Å². The van der Waals surface area contributed by atoms with E-state index in [1.54, 1.807) is 4.90 Å². The Kier molecular flexibility index (Phi) is 5.70. The molecule has 2 aliphatic heterocycles. The minimum absolute atomic E-state index is 0.0952. The van der Waals surface area contributed by atoms with Gasteiger partial charge < -0.3 is 19.1 Å². The maximum Gasteiger partial charge on any atom is 0.307 e. The molecule has 1 unspecified atom stereocenters. The normalized spacial score (nSPS) is 19.4. The molecule has 176 valence electrons. The lowest BCUT2D eigenvalue weighted by Gasteiger charge is -2.31. The Morgan fingerprint density at radius 1 is 0.941 bits per heavy atom. The molecule has 1 fully saturated rings. The second kappa shape index (κ2) is 8.56. The van der Waals surface area contributed by atoms with Crippen LogP contribution in [-0.2, 0) is 10.5 Å². The van der Waals surface area contributed by atoms with Crippen LogP contribution in [0.25, 0.3) is 0 Å². The largest absolute Gasteiger partial charge is 0.440 e. The molecule has 0 aliphatic carbocycles. The van der Waals surface area contributed by atoms with Crippen LogP contribution in [0.2, 0.25) is 5.02 Å². The van der Waals surface area contributed by atoms with E-state index in [1.165, 1.54) is 24.3 Å². The number of fused-ring (bicyclic) bond motifs is 1. The quantitative estimate of drug-likeness (QED) is 0.500. The average molecular weight is 486 g/mol. The molecule has 0 radical (unpaired) electrons. The van der Waals surface area contributed by atoms with Crippen molar-refractivity contribution >= 4 is 17.5 Å². The Balaban J connectivity index is 1.62. The van der Waals surface area contributed by atoms with Crippen LogP contribution in [0, 0.1) is 25.5 Å². The van der Waals surface area contributed by atoms with Crippen molar-refractivity contribution in [3.8, 4) is 11.5 Å². The van der Waals surface area contributed by atoms with Crippen LogP contribution in [0.15, 0.2) is 48.5 Å². The number of aryl methyl sites for hydroxylation is 2. The van der Waals surface area contributed by atoms with Crippen LogP contribution in [0.4, 0.5) is 8.78 Å². The summed E-state index contributed by atoms with van der Waals surface area (Å²) in [6.45, 7) is 5.41. The summed E-state index contributed by atoms with van der Waals surface area (Å²) in [5.41, 5.74) is 2.75. The lowest BCUT2D eigenvalue weighted by Crippen LogP contribution is -2.41. The minimum Gasteiger partial charge on any atom is -0.440 e. The second-order valence-electron chi connectivity index (χ2n) is 8.45. The number of hydrogen-bond acceptors (Lipinski definition) is 4. The molecule has 0 spiro atoms. The summed E-state index contributed by atoms with van der Waals surface area (Å²) in [6.07, 6.45) is 0. The Bertz CT molecular complexity index is 1240. The van der Waals surface area contributed by atoms with Crippen molar-refractivity contribution in [2.45, 2.75) is 19.6 Å². The fraction of sp³-hybridized carbons (Fsp3) is 0.269. The molecule has 0 aromatic heterocycles. The van der Waals surface area contributed by atoms with Crippen molar-refractivity contribution < 1.29 is 27.8 Å². The van der Waals surface area contributed by atoms with Crippen LogP contribution >= 0.6 is 11.6 Å². The third-order valence-electron chi connectivity index (χ3n) is 6.09. The molecule has 5 nitrogen and oxygen atoms in total. The number of nitrogens with zero attached hydrogens (tertiary/aromatic N) is 1. The standard InChI is InChI=1S/C26H22ClF2NO4/c1-15-3-5-19(16(2)11-15)26(20-6-4-17(28)12-21(20)27)33-23-13-18(22(29)14-24(23)34-26)25(31)30-7-9-32-10-8-30/h3-6,11-14H,7-10H2,1-2H3. The van der Waals surface area contributed by atoms with Crippen LogP contribution in [0.1, 0.15) is 32.6 Å². The van der Waals surface area contributed by atoms with Gasteiger partial charge in [-0.15, -0.1) is 0 Å². The highest BCUT2D eigenvalue weighted by molar-refractivity contribution is 6.31. The Hall–Kier alpha value is -3.16. The molecule has 3 aromatic rings. The third-order valence-corrected chi connectivity index (χ3v) is 6.40. The van der Waals surface area contributed by atoms with Gasteiger partial charge in [-0.05, 0) is 43.7 Å². The predicted molar refractivity (Wildman–Crippen MR) is 122 cm³/mol. The van der Waals surface area contributed by atoms with Crippen molar-refractivity contribution in [1.29, 1.82) is 0 Å². The Labute approximate surface area is 200 Å². The number of benzene rings is 3. The smallest absolute Gasteiger partial charge is 0.307 e. The first kappa shape index (κ1) is 22.6. The summed E-state index contributed by atoms with van der Waals surface area (Å²) < 4.78 is 46.8. The molecular weight excluding hydrogens is 464 g/mol. The van der Waals surface area contributed by atoms with Gasteiger partial charge in [0.15, 0.2) is 11.5 Å². The molecule has 1 amide bonds. The van der Waals surface area contributed by atoms with Gasteiger partial charge in [-0.25, -0.2) is 8.78 Å². The molecule has 5 rings (SSSR count). The summed E-state index contributed by atoms with van der Waals surface area (Å²) in [5.74, 6) is -2.95. The summed E-state index contributed by atoms with van der Waals surface area (Å²) in [4.78, 5) is 14.5. The summed E-state index contributed by atoms with van der Waals surface area (Å²) in [5, 5.41) is 0.0952. The van der Waals surface area contributed by atoms with E-state index in [0.717, 1.165) is 17.2 Å². The van der Waals surface area contributed by atoms with Crippen molar-refractivity contribution in [3.63, 3.8) is 0 Å². The highest BCUT2D eigenvalue weighted by Crippen LogP contribution is 2.50. The van der Waals surface area contributed by atoms with Crippen LogP contribution in [0.3, 0.4) is 0 Å². The van der Waals surface area contributed by atoms with E-state index in [-0.39, 0.29) is 22.1 Å². The van der Waals surface area contributed by atoms with Crippen molar-refractivity contribution in [2.24, 2.45) is 0 Å². The first-order chi connectivity index (χ1) is 16.3. The van der Waals surface area contributed by atoms with E-state index in [2.05, 4.69) is 0 Å². The lowest BCUT2D eigenvalue weighted by atomic mass is 9.92. The topological polar surface area (TPSA) is 48.0 Å². The van der Waals surface area contributed by atoms with E-state index in [4.69, 9.17) is 25.8 Å². The maximum atomic E-state index is 15.1. The monoisotopic (exact) mass is 485 g/mol. The Morgan fingerprint density at radius 2 is 1.62 bits per heavy atom. The number of amides is 1. The van der Waals surface area contributed by atoms with Gasteiger partial charge in [-0.1, -0.05) is 35.4 Å². The average Bonchev–Trinajstić information content (AvgIpc) is 3.17. The highest BCUT2D eigenvalue weighted by atomic mass is 35.5. The second-order valence-corrected chi connectivity index (χ2v) is 8.85. The number of halogens is 3. The predicted octanol–water partition coefficient (Wildman–Crippen LogP) is 5.38. The molecule has 1 atom stereocenters. The van der Waals surface area contributed by atoms with Crippen molar-refractivity contribution in [2.75, 3.05) is 26.3 Å². The Morgan fingerprint density at radius 3 is 2.29 bits per heavy atom. The van der Waals surface area contributed by atoms with E-state index >= 15 is 4.39 Å².